The number of aliphatic hydroxyl groups is 1. The lowest BCUT2D eigenvalue weighted by molar-refractivity contribution is -0.140. The minimum atomic E-state index is -4.89. The highest BCUT2D eigenvalue weighted by molar-refractivity contribution is 5.88. The van der Waals surface area contributed by atoms with Crippen molar-refractivity contribution in [3.8, 4) is 22.8 Å². The van der Waals surface area contributed by atoms with Crippen LogP contribution in [0.25, 0.3) is 22.8 Å². The standard InChI is InChI=1S/C21H18F4N6O3.C20H18F4N6O2/c1-34-19(33)16-8-11(6-7-26-16)18-29-20(30-31(18)10-17(32)27-12-2-3-12)28-13-4-5-15(22)14(9-13)21(23,24)25;21-16-4-3-13(8-15(16)20(22,23)24)27-19-28-18(11-5-6-25-14(7-11)10-31)30(29-19)9-17(32)26-12-1-2-12/h4-9,12H,2-3,10H2,1H3,(H,27,32)(H,28,30);3-8,12,31H,1-2,9-10H2,(H,26,32)(H,27,29). The third-order valence-electron chi connectivity index (χ3n) is 9.52. The van der Waals surface area contributed by atoms with E-state index in [-0.39, 0.29) is 84.2 Å². The van der Waals surface area contributed by atoms with Crippen LogP contribution < -0.4 is 21.3 Å². The van der Waals surface area contributed by atoms with Gasteiger partial charge < -0.3 is 31.1 Å². The smallest absolute Gasteiger partial charge is 0.419 e. The number of methoxy groups -OCH3 is 1. The molecule has 0 radical (unpaired) electrons. The molecule has 0 spiro atoms. The van der Waals surface area contributed by atoms with Gasteiger partial charge in [-0.2, -0.15) is 36.3 Å². The molecule has 2 aromatic carbocycles. The number of halogens is 8. The number of hydrogen-bond acceptors (Lipinski definition) is 13. The molecule has 66 heavy (non-hydrogen) atoms. The van der Waals surface area contributed by atoms with E-state index < -0.39 is 41.1 Å². The number of nitrogens with one attached hydrogen (secondary N) is 4. The molecule has 0 bridgehead atoms. The predicted molar refractivity (Wildman–Crippen MR) is 215 cm³/mol. The van der Waals surface area contributed by atoms with Gasteiger partial charge in [0.25, 0.3) is 0 Å². The molecule has 5 N–H and O–H groups in total. The van der Waals surface area contributed by atoms with Crippen LogP contribution >= 0.6 is 0 Å². The zero-order chi connectivity index (χ0) is 47.3. The number of aliphatic hydroxyl groups excluding tert-OH is 1. The van der Waals surface area contributed by atoms with Crippen molar-refractivity contribution < 1.29 is 59.4 Å². The number of amides is 2. The molecule has 2 aliphatic rings. The number of rotatable bonds is 14. The van der Waals surface area contributed by atoms with Crippen LogP contribution in [0.3, 0.4) is 0 Å². The van der Waals surface area contributed by atoms with Crippen LogP contribution in [0.2, 0.25) is 0 Å². The van der Waals surface area contributed by atoms with E-state index in [1.54, 1.807) is 12.1 Å². The number of pyridine rings is 2. The quantitative estimate of drug-likeness (QED) is 0.0598. The van der Waals surface area contributed by atoms with E-state index in [4.69, 9.17) is 0 Å². The summed E-state index contributed by atoms with van der Waals surface area (Å²) in [5.74, 6) is -3.94. The summed E-state index contributed by atoms with van der Waals surface area (Å²) in [5.41, 5.74) is -1.84. The van der Waals surface area contributed by atoms with Crippen LogP contribution in [0, 0.1) is 11.6 Å². The largest absolute Gasteiger partial charge is 0.464 e. The number of esters is 1. The molecular formula is C41H36F8N12O5. The van der Waals surface area contributed by atoms with Crippen molar-refractivity contribution in [2.45, 2.75) is 69.8 Å². The fourth-order valence-electron chi connectivity index (χ4n) is 6.10. The SMILES string of the molecule is COC(=O)c1cc(-c2nc(Nc3ccc(F)c(C(F)(F)F)c3)nn2CC(=O)NC2CC2)ccn1.O=C(Cn1nc(Nc2ccc(F)c(C(F)(F)F)c2)nc1-c1ccnc(CO)c1)NC1CC1. The molecule has 0 aliphatic heterocycles. The lowest BCUT2D eigenvalue weighted by Crippen LogP contribution is -2.30. The highest BCUT2D eigenvalue weighted by Crippen LogP contribution is 2.35. The summed E-state index contributed by atoms with van der Waals surface area (Å²) in [4.78, 5) is 53.0. The lowest BCUT2D eigenvalue weighted by atomic mass is 10.2. The molecule has 2 aliphatic carbocycles. The number of hydrogen-bond donors (Lipinski definition) is 5. The van der Waals surface area contributed by atoms with Gasteiger partial charge in [0.05, 0.1) is 30.5 Å². The molecule has 0 unspecified atom stereocenters. The van der Waals surface area contributed by atoms with E-state index >= 15 is 0 Å². The fraction of sp³-hybridized carbons (Fsp3) is 0.293. The molecule has 0 saturated heterocycles. The van der Waals surface area contributed by atoms with E-state index in [0.717, 1.165) is 37.8 Å². The molecule has 4 aromatic heterocycles. The maximum absolute atomic E-state index is 13.6. The number of nitrogens with zero attached hydrogens (tertiary/aromatic N) is 8. The highest BCUT2D eigenvalue weighted by Gasteiger charge is 2.35. The van der Waals surface area contributed by atoms with Gasteiger partial charge >= 0.3 is 18.3 Å². The van der Waals surface area contributed by atoms with Gasteiger partial charge in [-0.05, 0) is 86.3 Å². The van der Waals surface area contributed by atoms with Crippen LogP contribution in [0.4, 0.5) is 58.4 Å². The monoisotopic (exact) mass is 928 g/mol. The van der Waals surface area contributed by atoms with Gasteiger partial charge in [-0.1, -0.05) is 0 Å². The second kappa shape index (κ2) is 19.3. The fourth-order valence-corrected chi connectivity index (χ4v) is 6.10. The third kappa shape index (κ3) is 12.0. The summed E-state index contributed by atoms with van der Waals surface area (Å²) < 4.78 is 113. The van der Waals surface area contributed by atoms with Crippen molar-refractivity contribution in [2.24, 2.45) is 0 Å². The van der Waals surface area contributed by atoms with E-state index in [0.29, 0.717) is 41.1 Å². The van der Waals surface area contributed by atoms with Gasteiger partial charge in [-0.25, -0.2) is 27.9 Å². The maximum Gasteiger partial charge on any atom is 0.419 e. The molecule has 346 valence electrons. The summed E-state index contributed by atoms with van der Waals surface area (Å²) in [5, 5.41) is 28.6. The molecule has 2 amide bonds. The van der Waals surface area contributed by atoms with Gasteiger partial charge in [0, 0.05) is 47.0 Å². The summed E-state index contributed by atoms with van der Waals surface area (Å²) in [6.45, 7) is -0.715. The number of anilines is 4. The van der Waals surface area contributed by atoms with Gasteiger partial charge in [0.15, 0.2) is 11.6 Å². The first kappa shape index (κ1) is 46.4. The molecule has 17 nitrogen and oxygen atoms in total. The first-order chi connectivity index (χ1) is 31.4. The van der Waals surface area contributed by atoms with Crippen LogP contribution in [0.1, 0.15) is 53.0 Å². The van der Waals surface area contributed by atoms with Crippen molar-refractivity contribution in [2.75, 3.05) is 17.7 Å². The van der Waals surface area contributed by atoms with E-state index in [2.05, 4.69) is 56.1 Å². The Kier molecular flexibility index (Phi) is 13.6. The average Bonchev–Trinajstić information content (AvgIpc) is 4.20. The molecule has 8 rings (SSSR count). The molecule has 4 heterocycles. The molecule has 0 atom stereocenters. The topological polar surface area (TPSA) is 216 Å². The third-order valence-corrected chi connectivity index (χ3v) is 9.52. The number of ether oxygens (including phenoxy) is 1. The maximum atomic E-state index is 13.6. The molecule has 2 fully saturated rings. The number of carbonyl (C=O) groups is 3. The summed E-state index contributed by atoms with van der Waals surface area (Å²) in [6.07, 6.45) is -3.40. The molecule has 25 heteroatoms. The van der Waals surface area contributed by atoms with Crippen molar-refractivity contribution in [3.63, 3.8) is 0 Å². The Hall–Kier alpha value is -7.57. The minimum absolute atomic E-state index is 0.0140. The van der Waals surface area contributed by atoms with Gasteiger partial charge in [0.1, 0.15) is 30.4 Å². The lowest BCUT2D eigenvalue weighted by Gasteiger charge is -2.10. The van der Waals surface area contributed by atoms with Crippen molar-refractivity contribution in [1.82, 2.24) is 50.1 Å². The Morgan fingerprint density at radius 2 is 1.14 bits per heavy atom. The van der Waals surface area contributed by atoms with E-state index in [1.807, 2.05) is 0 Å². The predicted octanol–water partition coefficient (Wildman–Crippen LogP) is 6.32. The van der Waals surface area contributed by atoms with Crippen LogP contribution in [0.15, 0.2) is 73.1 Å². The summed E-state index contributed by atoms with van der Waals surface area (Å²) in [7, 11) is 1.20. The second-order valence-electron chi connectivity index (χ2n) is 14.8. The van der Waals surface area contributed by atoms with Gasteiger partial charge in [-0.3, -0.25) is 14.6 Å². The van der Waals surface area contributed by atoms with E-state index in [9.17, 15) is 54.6 Å². The van der Waals surface area contributed by atoms with Crippen molar-refractivity contribution in [3.05, 3.63) is 107 Å². The first-order valence-electron chi connectivity index (χ1n) is 19.7. The van der Waals surface area contributed by atoms with Gasteiger partial charge in [0.2, 0.25) is 23.7 Å². The van der Waals surface area contributed by atoms with Gasteiger partial charge in [-0.15, -0.1) is 10.2 Å². The zero-order valence-electron chi connectivity index (χ0n) is 34.2. The summed E-state index contributed by atoms with van der Waals surface area (Å²) >= 11 is 0. The van der Waals surface area contributed by atoms with Crippen LogP contribution in [-0.2, 0) is 46.4 Å². The molecular weight excluding hydrogens is 893 g/mol. The Bertz CT molecular complexity index is 2750. The Morgan fingerprint density at radius 1 is 0.682 bits per heavy atom. The number of aromatic nitrogens is 8. The molecule has 2 saturated carbocycles. The summed E-state index contributed by atoms with van der Waals surface area (Å²) in [6, 6.07) is 11.1. The second-order valence-corrected chi connectivity index (χ2v) is 14.8. The zero-order valence-corrected chi connectivity index (χ0v) is 34.2. The number of alkyl halides is 6. The van der Waals surface area contributed by atoms with Crippen LogP contribution in [0.5, 0.6) is 0 Å². The minimum Gasteiger partial charge on any atom is -0.464 e. The Morgan fingerprint density at radius 3 is 1.56 bits per heavy atom. The highest BCUT2D eigenvalue weighted by atomic mass is 19.4. The van der Waals surface area contributed by atoms with Crippen molar-refractivity contribution in [1.29, 1.82) is 0 Å². The number of benzene rings is 2. The number of carbonyl (C=O) groups excluding carboxylic acids is 3. The van der Waals surface area contributed by atoms with Crippen LogP contribution in [-0.4, -0.2) is 81.6 Å². The van der Waals surface area contributed by atoms with E-state index in [1.165, 1.54) is 41.0 Å². The van der Waals surface area contributed by atoms with Crippen molar-refractivity contribution >= 4 is 41.1 Å². The Labute approximate surface area is 367 Å². The normalized spacial score (nSPS) is 13.6. The molecule has 6 aromatic rings. The first-order valence-corrected chi connectivity index (χ1v) is 19.7. The average molecular weight is 929 g/mol. The Balaban J connectivity index is 0.000000197.